The summed E-state index contributed by atoms with van der Waals surface area (Å²) in [6.07, 6.45) is -3.49. The summed E-state index contributed by atoms with van der Waals surface area (Å²) in [5.74, 6) is 0. The minimum absolute atomic E-state index is 0.206. The summed E-state index contributed by atoms with van der Waals surface area (Å²) >= 11 is 0. The monoisotopic (exact) mass is 244 g/mol. The van der Waals surface area contributed by atoms with Crippen LogP contribution in [0.3, 0.4) is 0 Å². The summed E-state index contributed by atoms with van der Waals surface area (Å²) in [5.41, 5.74) is 0.629. The van der Waals surface area contributed by atoms with Gasteiger partial charge in [-0.3, -0.25) is 4.98 Å². The van der Waals surface area contributed by atoms with Crippen molar-refractivity contribution in [1.29, 1.82) is 0 Å². The van der Waals surface area contributed by atoms with Crippen molar-refractivity contribution in [2.45, 2.75) is 26.1 Å². The van der Waals surface area contributed by atoms with Gasteiger partial charge in [0.2, 0.25) is 0 Å². The molecule has 0 aliphatic carbocycles. The van der Waals surface area contributed by atoms with E-state index < -0.39 is 11.7 Å². The molecule has 0 fully saturated rings. The van der Waals surface area contributed by atoms with Crippen molar-refractivity contribution in [2.75, 3.05) is 6.54 Å². The SMILES string of the molecule is C=C(C)C(NCC)c1ccc(C(F)(F)F)cn1. The molecule has 17 heavy (non-hydrogen) atoms. The first-order valence-corrected chi connectivity index (χ1v) is 5.28. The summed E-state index contributed by atoms with van der Waals surface area (Å²) in [7, 11) is 0. The van der Waals surface area contributed by atoms with Crippen molar-refractivity contribution in [3.63, 3.8) is 0 Å². The quantitative estimate of drug-likeness (QED) is 0.822. The maximum atomic E-state index is 12.4. The van der Waals surface area contributed by atoms with Gasteiger partial charge in [-0.15, -0.1) is 0 Å². The summed E-state index contributed by atoms with van der Waals surface area (Å²) in [6, 6.07) is 2.21. The molecule has 0 amide bonds. The average molecular weight is 244 g/mol. The van der Waals surface area contributed by atoms with Gasteiger partial charge in [-0.2, -0.15) is 13.2 Å². The third-order valence-corrected chi connectivity index (χ3v) is 2.31. The van der Waals surface area contributed by atoms with Crippen LogP contribution in [-0.2, 0) is 6.18 Å². The normalized spacial score (nSPS) is 13.5. The lowest BCUT2D eigenvalue weighted by Gasteiger charge is -2.17. The summed E-state index contributed by atoms with van der Waals surface area (Å²) in [5, 5.41) is 3.11. The van der Waals surface area contributed by atoms with E-state index in [2.05, 4.69) is 16.9 Å². The largest absolute Gasteiger partial charge is 0.417 e. The molecule has 0 spiro atoms. The van der Waals surface area contributed by atoms with E-state index >= 15 is 0 Å². The smallest absolute Gasteiger partial charge is 0.306 e. The van der Waals surface area contributed by atoms with Crippen LogP contribution in [0.5, 0.6) is 0 Å². The van der Waals surface area contributed by atoms with Gasteiger partial charge in [-0.05, 0) is 25.6 Å². The van der Waals surface area contributed by atoms with Gasteiger partial charge in [-0.25, -0.2) is 0 Å². The van der Waals surface area contributed by atoms with Gasteiger partial charge in [0.15, 0.2) is 0 Å². The number of rotatable bonds is 4. The van der Waals surface area contributed by atoms with Gasteiger partial charge in [0.1, 0.15) is 0 Å². The van der Waals surface area contributed by atoms with Gasteiger partial charge in [0.05, 0.1) is 17.3 Å². The molecule has 1 aromatic rings. The molecule has 0 saturated carbocycles. The van der Waals surface area contributed by atoms with Crippen LogP contribution in [0.4, 0.5) is 13.2 Å². The lowest BCUT2D eigenvalue weighted by atomic mass is 10.1. The first-order valence-electron chi connectivity index (χ1n) is 5.28. The van der Waals surface area contributed by atoms with E-state index in [9.17, 15) is 13.2 Å². The molecule has 0 aliphatic rings. The molecule has 0 aliphatic heterocycles. The molecule has 1 atom stereocenters. The Kier molecular flexibility index (Phi) is 4.28. The highest BCUT2D eigenvalue weighted by Gasteiger charge is 2.30. The maximum Gasteiger partial charge on any atom is 0.417 e. The Balaban J connectivity index is 2.96. The lowest BCUT2D eigenvalue weighted by molar-refractivity contribution is -0.137. The van der Waals surface area contributed by atoms with Gasteiger partial charge >= 0.3 is 6.18 Å². The standard InChI is InChI=1S/C12H15F3N2/c1-4-16-11(8(2)3)10-6-5-9(7-17-10)12(13,14)15/h5-7,11,16H,2,4H2,1,3H3. The number of hydrogen-bond acceptors (Lipinski definition) is 2. The fourth-order valence-corrected chi connectivity index (χ4v) is 1.48. The number of likely N-dealkylation sites (N-methyl/N-ethyl adjacent to an activating group) is 1. The fraction of sp³-hybridized carbons (Fsp3) is 0.417. The number of nitrogens with zero attached hydrogens (tertiary/aromatic N) is 1. The van der Waals surface area contributed by atoms with Crippen molar-refractivity contribution in [3.05, 3.63) is 41.7 Å². The number of halogens is 3. The Bertz CT molecular complexity index is 382. The Labute approximate surface area is 98.6 Å². The summed E-state index contributed by atoms with van der Waals surface area (Å²) in [6.45, 7) is 8.22. The van der Waals surface area contributed by atoms with E-state index in [1.54, 1.807) is 0 Å². The number of pyridine rings is 1. The predicted octanol–water partition coefficient (Wildman–Crippen LogP) is 3.33. The number of alkyl halides is 3. The zero-order valence-corrected chi connectivity index (χ0v) is 9.80. The van der Waals surface area contributed by atoms with Crippen LogP contribution in [0.1, 0.15) is 31.1 Å². The van der Waals surface area contributed by atoms with E-state index in [-0.39, 0.29) is 6.04 Å². The fourth-order valence-electron chi connectivity index (χ4n) is 1.48. The highest BCUT2D eigenvalue weighted by atomic mass is 19.4. The topological polar surface area (TPSA) is 24.9 Å². The molecule has 94 valence electrons. The molecule has 0 bridgehead atoms. The minimum Gasteiger partial charge on any atom is -0.306 e. The van der Waals surface area contributed by atoms with E-state index in [0.29, 0.717) is 12.2 Å². The van der Waals surface area contributed by atoms with E-state index in [0.717, 1.165) is 17.8 Å². The first-order chi connectivity index (χ1) is 7.86. The van der Waals surface area contributed by atoms with Crippen molar-refractivity contribution >= 4 is 0 Å². The molecule has 1 aromatic heterocycles. The van der Waals surface area contributed by atoms with Crippen LogP contribution in [0.25, 0.3) is 0 Å². The summed E-state index contributed by atoms with van der Waals surface area (Å²) in [4.78, 5) is 3.84. The van der Waals surface area contributed by atoms with Crippen molar-refractivity contribution in [2.24, 2.45) is 0 Å². The summed E-state index contributed by atoms with van der Waals surface area (Å²) < 4.78 is 37.1. The zero-order valence-electron chi connectivity index (χ0n) is 9.80. The van der Waals surface area contributed by atoms with Crippen LogP contribution < -0.4 is 5.32 Å². The van der Waals surface area contributed by atoms with Crippen molar-refractivity contribution in [3.8, 4) is 0 Å². The van der Waals surface area contributed by atoms with Crippen LogP contribution in [0, 0.1) is 0 Å². The third kappa shape index (κ3) is 3.56. The van der Waals surface area contributed by atoms with E-state index in [1.165, 1.54) is 6.07 Å². The molecule has 0 aromatic carbocycles. The van der Waals surface area contributed by atoms with Gasteiger partial charge in [0, 0.05) is 6.20 Å². The molecule has 0 saturated heterocycles. The second kappa shape index (κ2) is 5.31. The van der Waals surface area contributed by atoms with Gasteiger partial charge < -0.3 is 5.32 Å². The van der Waals surface area contributed by atoms with Crippen LogP contribution in [-0.4, -0.2) is 11.5 Å². The van der Waals surface area contributed by atoms with Crippen molar-refractivity contribution in [1.82, 2.24) is 10.3 Å². The molecule has 1 heterocycles. The van der Waals surface area contributed by atoms with E-state index in [4.69, 9.17) is 0 Å². The Hall–Kier alpha value is -1.36. The molecule has 1 rings (SSSR count). The molecule has 1 N–H and O–H groups in total. The highest BCUT2D eigenvalue weighted by Crippen LogP contribution is 2.29. The highest BCUT2D eigenvalue weighted by molar-refractivity contribution is 5.23. The van der Waals surface area contributed by atoms with Crippen LogP contribution in [0.2, 0.25) is 0 Å². The lowest BCUT2D eigenvalue weighted by Crippen LogP contribution is -2.22. The number of aromatic nitrogens is 1. The Morgan fingerprint density at radius 3 is 2.47 bits per heavy atom. The second-order valence-electron chi connectivity index (χ2n) is 3.81. The maximum absolute atomic E-state index is 12.4. The number of hydrogen-bond donors (Lipinski definition) is 1. The van der Waals surface area contributed by atoms with Gasteiger partial charge in [-0.1, -0.05) is 19.1 Å². The average Bonchev–Trinajstić information content (AvgIpc) is 2.24. The molecule has 0 radical (unpaired) electrons. The predicted molar refractivity (Wildman–Crippen MR) is 60.5 cm³/mol. The Morgan fingerprint density at radius 1 is 1.47 bits per heavy atom. The van der Waals surface area contributed by atoms with Gasteiger partial charge in [0.25, 0.3) is 0 Å². The molecule has 2 nitrogen and oxygen atoms in total. The zero-order chi connectivity index (χ0) is 13.1. The minimum atomic E-state index is -4.34. The Morgan fingerprint density at radius 2 is 2.12 bits per heavy atom. The molecular formula is C12H15F3N2. The number of nitrogens with one attached hydrogen (secondary N) is 1. The first kappa shape index (κ1) is 13.7. The third-order valence-electron chi connectivity index (χ3n) is 2.31. The molecular weight excluding hydrogens is 229 g/mol. The molecule has 1 unspecified atom stereocenters. The van der Waals surface area contributed by atoms with E-state index in [1.807, 2.05) is 13.8 Å². The van der Waals surface area contributed by atoms with Crippen LogP contribution >= 0.6 is 0 Å². The van der Waals surface area contributed by atoms with Crippen molar-refractivity contribution < 1.29 is 13.2 Å². The second-order valence-corrected chi connectivity index (χ2v) is 3.81. The van der Waals surface area contributed by atoms with Crippen LogP contribution in [0.15, 0.2) is 30.5 Å². The molecule has 5 heteroatoms.